The van der Waals surface area contributed by atoms with E-state index in [1.165, 1.54) is 23.1 Å². The molecule has 0 unspecified atom stereocenters. The highest BCUT2D eigenvalue weighted by Gasteiger charge is 2.22. The molecule has 1 atom stereocenters. The molecule has 0 bridgehead atoms. The Morgan fingerprint density at radius 1 is 1.50 bits per heavy atom. The summed E-state index contributed by atoms with van der Waals surface area (Å²) in [5, 5.41) is 1.18. The van der Waals surface area contributed by atoms with Crippen molar-refractivity contribution in [2.24, 2.45) is 5.92 Å². The van der Waals surface area contributed by atoms with Crippen molar-refractivity contribution in [2.45, 2.75) is 33.1 Å². The Bertz CT molecular complexity index is 645. The number of amides is 1. The number of carbonyl (C=O) groups is 1. The number of hydrogen-bond acceptors (Lipinski definition) is 2. The van der Waals surface area contributed by atoms with Crippen molar-refractivity contribution in [1.29, 1.82) is 0 Å². The molecule has 0 radical (unpaired) electrons. The van der Waals surface area contributed by atoms with Crippen molar-refractivity contribution in [3.8, 4) is 0 Å². The highest BCUT2D eigenvalue weighted by atomic mass is 16.6. The maximum Gasteiger partial charge on any atom is 0.276 e. The van der Waals surface area contributed by atoms with E-state index in [4.69, 9.17) is 4.84 Å². The molecule has 4 heteroatoms. The second-order valence-corrected chi connectivity index (χ2v) is 5.52. The van der Waals surface area contributed by atoms with Gasteiger partial charge in [-0.05, 0) is 43.7 Å². The Hall–Kier alpha value is -1.81. The van der Waals surface area contributed by atoms with Crippen LogP contribution in [0.1, 0.15) is 41.9 Å². The second-order valence-electron chi connectivity index (χ2n) is 5.52. The molecule has 1 aliphatic rings. The molecule has 20 heavy (non-hydrogen) atoms. The summed E-state index contributed by atoms with van der Waals surface area (Å²) in [6.07, 6.45) is 3.36. The zero-order valence-electron chi connectivity index (χ0n) is 12.0. The van der Waals surface area contributed by atoms with Gasteiger partial charge < -0.3 is 4.98 Å². The van der Waals surface area contributed by atoms with E-state index in [0.29, 0.717) is 18.1 Å². The van der Waals surface area contributed by atoms with Crippen LogP contribution in [0, 0.1) is 5.92 Å². The van der Waals surface area contributed by atoms with Gasteiger partial charge in [-0.15, -0.1) is 0 Å². The maximum atomic E-state index is 12.1. The van der Waals surface area contributed by atoms with Crippen LogP contribution >= 0.6 is 0 Å². The van der Waals surface area contributed by atoms with Crippen LogP contribution in [0.3, 0.4) is 0 Å². The van der Waals surface area contributed by atoms with Crippen LogP contribution in [0.4, 0.5) is 0 Å². The van der Waals surface area contributed by atoms with E-state index in [1.54, 1.807) is 0 Å². The topological polar surface area (TPSA) is 54.1 Å². The quantitative estimate of drug-likeness (QED) is 0.844. The molecule has 1 aromatic carbocycles. The number of aryl methyl sites for hydroxylation is 1. The highest BCUT2D eigenvalue weighted by Crippen LogP contribution is 2.32. The lowest BCUT2D eigenvalue weighted by Gasteiger charge is -2.17. The largest absolute Gasteiger partial charge is 0.358 e. The number of para-hydroxylation sites is 1. The average Bonchev–Trinajstić information content (AvgIpc) is 2.82. The van der Waals surface area contributed by atoms with Gasteiger partial charge in [-0.1, -0.05) is 19.1 Å². The van der Waals surface area contributed by atoms with Crippen LogP contribution < -0.4 is 5.48 Å². The number of aromatic amines is 1. The fourth-order valence-corrected chi connectivity index (χ4v) is 3.00. The van der Waals surface area contributed by atoms with Gasteiger partial charge in [0, 0.05) is 11.1 Å². The van der Waals surface area contributed by atoms with Crippen LogP contribution in [0.2, 0.25) is 0 Å². The Balaban J connectivity index is 2.05. The van der Waals surface area contributed by atoms with Gasteiger partial charge in [0.2, 0.25) is 0 Å². The first-order valence-corrected chi connectivity index (χ1v) is 7.25. The number of fused-ring (bicyclic) bond motifs is 3. The molecule has 1 aromatic heterocycles. The van der Waals surface area contributed by atoms with Gasteiger partial charge in [0.15, 0.2) is 0 Å². The lowest BCUT2D eigenvalue weighted by molar-refractivity contribution is 0.0366. The molecule has 0 fully saturated rings. The van der Waals surface area contributed by atoms with Crippen LogP contribution in [0.5, 0.6) is 0 Å². The molecule has 1 amide bonds. The number of hydroxylamine groups is 1. The fraction of sp³-hybridized carbons (Fsp3) is 0.438. The van der Waals surface area contributed by atoms with E-state index in [1.807, 2.05) is 19.1 Å². The maximum absolute atomic E-state index is 12.1. The first-order valence-electron chi connectivity index (χ1n) is 7.25. The van der Waals surface area contributed by atoms with Gasteiger partial charge in [0.1, 0.15) is 0 Å². The van der Waals surface area contributed by atoms with Crippen LogP contribution in [0.15, 0.2) is 18.2 Å². The molecule has 0 saturated carbocycles. The Morgan fingerprint density at radius 3 is 3.15 bits per heavy atom. The third-order valence-electron chi connectivity index (χ3n) is 4.02. The summed E-state index contributed by atoms with van der Waals surface area (Å²) < 4.78 is 0. The highest BCUT2D eigenvalue weighted by molar-refractivity contribution is 6.06. The molecule has 106 valence electrons. The first kappa shape index (κ1) is 13.2. The van der Waals surface area contributed by atoms with Crippen molar-refractivity contribution in [2.75, 3.05) is 6.61 Å². The fourth-order valence-electron chi connectivity index (χ4n) is 3.00. The minimum atomic E-state index is -0.191. The number of rotatable bonds is 3. The van der Waals surface area contributed by atoms with Gasteiger partial charge in [-0.25, -0.2) is 5.48 Å². The summed E-state index contributed by atoms with van der Waals surface area (Å²) >= 11 is 0. The third kappa shape index (κ3) is 2.20. The number of nitrogens with one attached hydrogen (secondary N) is 2. The van der Waals surface area contributed by atoms with Crippen molar-refractivity contribution >= 4 is 16.8 Å². The zero-order valence-corrected chi connectivity index (χ0v) is 12.0. The van der Waals surface area contributed by atoms with Gasteiger partial charge in [0.25, 0.3) is 5.91 Å². The molecule has 0 saturated heterocycles. The molecule has 2 aromatic rings. The van der Waals surface area contributed by atoms with Crippen molar-refractivity contribution in [3.05, 3.63) is 35.0 Å². The van der Waals surface area contributed by atoms with Crippen LogP contribution in [0.25, 0.3) is 10.9 Å². The van der Waals surface area contributed by atoms with Crippen molar-refractivity contribution in [1.82, 2.24) is 10.5 Å². The van der Waals surface area contributed by atoms with E-state index in [0.717, 1.165) is 18.4 Å². The molecular weight excluding hydrogens is 252 g/mol. The zero-order chi connectivity index (χ0) is 14.1. The van der Waals surface area contributed by atoms with Gasteiger partial charge >= 0.3 is 0 Å². The summed E-state index contributed by atoms with van der Waals surface area (Å²) in [6, 6.07) is 5.87. The molecule has 3 rings (SSSR count). The molecule has 0 spiro atoms. The first-order chi connectivity index (χ1) is 9.70. The number of carbonyl (C=O) groups excluding carboxylic acids is 1. The van der Waals surface area contributed by atoms with Crippen LogP contribution in [-0.4, -0.2) is 17.5 Å². The van der Waals surface area contributed by atoms with Crippen molar-refractivity contribution < 1.29 is 9.63 Å². The minimum absolute atomic E-state index is 0.191. The SMILES string of the molecule is CCONC(=O)c1cccc2c3c([nH]c12)CC[C@H](C)C3. The third-order valence-corrected chi connectivity index (χ3v) is 4.02. The smallest absolute Gasteiger partial charge is 0.276 e. The summed E-state index contributed by atoms with van der Waals surface area (Å²) in [4.78, 5) is 20.6. The molecule has 1 aliphatic carbocycles. The number of hydrogen-bond donors (Lipinski definition) is 2. The number of benzene rings is 1. The molecular formula is C16H20N2O2. The lowest BCUT2D eigenvalue weighted by Crippen LogP contribution is -2.23. The summed E-state index contributed by atoms with van der Waals surface area (Å²) in [7, 11) is 0. The average molecular weight is 272 g/mol. The van der Waals surface area contributed by atoms with Crippen molar-refractivity contribution in [3.63, 3.8) is 0 Å². The van der Waals surface area contributed by atoms with Gasteiger partial charge in [0.05, 0.1) is 17.7 Å². The minimum Gasteiger partial charge on any atom is -0.358 e. The monoisotopic (exact) mass is 272 g/mol. The molecule has 0 aliphatic heterocycles. The number of H-pyrrole nitrogens is 1. The van der Waals surface area contributed by atoms with E-state index < -0.39 is 0 Å². The molecule has 4 nitrogen and oxygen atoms in total. The summed E-state index contributed by atoms with van der Waals surface area (Å²) in [5.74, 6) is 0.520. The molecule has 1 heterocycles. The number of aromatic nitrogens is 1. The second kappa shape index (κ2) is 5.29. The Labute approximate surface area is 118 Å². The Kier molecular flexibility index (Phi) is 3.49. The molecule has 2 N–H and O–H groups in total. The predicted octanol–water partition coefficient (Wildman–Crippen LogP) is 2.97. The van der Waals surface area contributed by atoms with E-state index in [2.05, 4.69) is 23.5 Å². The predicted molar refractivity (Wildman–Crippen MR) is 78.6 cm³/mol. The summed E-state index contributed by atoms with van der Waals surface area (Å²) in [5.41, 5.74) is 6.72. The van der Waals surface area contributed by atoms with E-state index >= 15 is 0 Å². The summed E-state index contributed by atoms with van der Waals surface area (Å²) in [6.45, 7) is 4.59. The normalized spacial score (nSPS) is 18.0. The van der Waals surface area contributed by atoms with E-state index in [-0.39, 0.29) is 5.91 Å². The standard InChI is InChI=1S/C16H20N2O2/c1-3-20-18-16(19)12-6-4-5-11-13-9-10(2)7-8-14(13)17-15(11)12/h4-6,10,17H,3,7-9H2,1-2H3,(H,18,19)/t10-/m0/s1. The Morgan fingerprint density at radius 2 is 2.35 bits per heavy atom. The lowest BCUT2D eigenvalue weighted by atomic mass is 9.87. The van der Waals surface area contributed by atoms with Crippen LogP contribution in [-0.2, 0) is 17.7 Å². The van der Waals surface area contributed by atoms with Gasteiger partial charge in [-0.2, -0.15) is 0 Å². The van der Waals surface area contributed by atoms with Gasteiger partial charge in [-0.3, -0.25) is 9.63 Å². The van der Waals surface area contributed by atoms with E-state index in [9.17, 15) is 4.79 Å².